The molecule has 0 unspecified atom stereocenters. The van der Waals surface area contributed by atoms with Gasteiger partial charge in [0, 0.05) is 4.47 Å². The maximum absolute atomic E-state index is 12.5. The van der Waals surface area contributed by atoms with Gasteiger partial charge in [-0.25, -0.2) is 5.10 Å². The van der Waals surface area contributed by atoms with Gasteiger partial charge in [0.1, 0.15) is 0 Å². The fourth-order valence-corrected chi connectivity index (χ4v) is 1.75. The maximum atomic E-state index is 12.5. The van der Waals surface area contributed by atoms with E-state index in [1.165, 1.54) is 6.07 Å². The van der Waals surface area contributed by atoms with Crippen molar-refractivity contribution in [3.63, 3.8) is 0 Å². The van der Waals surface area contributed by atoms with E-state index in [4.69, 9.17) is 4.42 Å². The molecule has 0 amide bonds. The lowest BCUT2D eigenvalue weighted by Gasteiger charge is -2.08. The highest BCUT2D eigenvalue weighted by molar-refractivity contribution is 9.10. The number of hydrogen-bond donors (Lipinski definition) is 1. The zero-order valence-corrected chi connectivity index (χ0v) is 10.4. The van der Waals surface area contributed by atoms with Crippen LogP contribution in [0.5, 0.6) is 0 Å². The summed E-state index contributed by atoms with van der Waals surface area (Å²) >= 11 is 7.79. The highest BCUT2D eigenvalue weighted by atomic mass is 79.9. The molecule has 2 aromatic rings. The third-order valence-electron chi connectivity index (χ3n) is 1.96. The first-order chi connectivity index (χ1) is 7.88. The first-order valence-corrected chi connectivity index (χ1v) is 5.50. The summed E-state index contributed by atoms with van der Waals surface area (Å²) in [7, 11) is 0. The van der Waals surface area contributed by atoms with Crippen LogP contribution >= 0.6 is 28.1 Å². The number of nitrogens with one attached hydrogen (secondary N) is 1. The molecule has 0 spiro atoms. The van der Waals surface area contributed by atoms with E-state index < -0.39 is 11.7 Å². The van der Waals surface area contributed by atoms with Crippen LogP contribution in [0, 0.1) is 4.84 Å². The number of H-pyrrole nitrogens is 1. The van der Waals surface area contributed by atoms with Crippen LogP contribution in [-0.2, 0) is 6.18 Å². The Morgan fingerprint density at radius 1 is 1.35 bits per heavy atom. The lowest BCUT2D eigenvalue weighted by atomic mass is 10.1. The zero-order valence-electron chi connectivity index (χ0n) is 8.01. The lowest BCUT2D eigenvalue weighted by molar-refractivity contribution is -0.137. The summed E-state index contributed by atoms with van der Waals surface area (Å²) in [6, 6.07) is 3.19. The molecule has 2 rings (SSSR count). The van der Waals surface area contributed by atoms with Crippen molar-refractivity contribution >= 4 is 28.1 Å². The molecule has 0 bridgehead atoms. The molecule has 1 aromatic heterocycles. The van der Waals surface area contributed by atoms with Crippen molar-refractivity contribution in [1.29, 1.82) is 0 Å². The molecule has 17 heavy (non-hydrogen) atoms. The molecular weight excluding hydrogens is 321 g/mol. The molecule has 0 saturated heterocycles. The van der Waals surface area contributed by atoms with Gasteiger partial charge in [-0.15, -0.1) is 5.10 Å². The van der Waals surface area contributed by atoms with Gasteiger partial charge in [0.25, 0.3) is 4.84 Å². The normalized spacial score (nSPS) is 11.8. The number of nitrogens with zero attached hydrogens (tertiary/aromatic N) is 1. The minimum absolute atomic E-state index is 0.00399. The average Bonchev–Trinajstić information content (AvgIpc) is 2.63. The average molecular weight is 325 g/mol. The number of halogens is 4. The SMILES string of the molecule is FC(F)(F)c1ccc(Br)c(-c2n[nH]c(=S)o2)c1. The van der Waals surface area contributed by atoms with Crippen LogP contribution in [0.15, 0.2) is 27.1 Å². The highest BCUT2D eigenvalue weighted by Crippen LogP contribution is 2.35. The predicted octanol–water partition coefficient (Wildman–Crippen LogP) is 4.18. The standard InChI is InChI=1S/C9H4BrF3N2OS/c10-6-2-1-4(9(11,12)13)3-5(6)7-14-15-8(17)16-7/h1-3H,(H,15,17). The quantitative estimate of drug-likeness (QED) is 0.800. The molecule has 1 aromatic carbocycles. The van der Waals surface area contributed by atoms with E-state index in [1.54, 1.807) is 0 Å². The van der Waals surface area contributed by atoms with Gasteiger partial charge >= 0.3 is 6.18 Å². The second kappa shape index (κ2) is 4.26. The molecule has 8 heteroatoms. The molecule has 0 aliphatic rings. The molecule has 0 atom stereocenters. The largest absolute Gasteiger partial charge is 0.416 e. The maximum Gasteiger partial charge on any atom is 0.416 e. The molecule has 0 radical (unpaired) electrons. The molecule has 3 nitrogen and oxygen atoms in total. The third kappa shape index (κ3) is 2.58. The van der Waals surface area contributed by atoms with E-state index in [0.29, 0.717) is 4.47 Å². The second-order valence-corrected chi connectivity index (χ2v) is 4.34. The van der Waals surface area contributed by atoms with E-state index in [1.807, 2.05) is 0 Å². The van der Waals surface area contributed by atoms with Gasteiger partial charge in [-0.05, 0) is 46.3 Å². The minimum Gasteiger partial charge on any atom is -0.409 e. The first kappa shape index (κ1) is 12.3. The Hall–Kier alpha value is -1.15. The number of aromatic amines is 1. The van der Waals surface area contributed by atoms with E-state index in [9.17, 15) is 13.2 Å². The summed E-state index contributed by atoms with van der Waals surface area (Å²) < 4.78 is 43.0. The topological polar surface area (TPSA) is 41.8 Å². The van der Waals surface area contributed by atoms with Gasteiger partial charge < -0.3 is 4.42 Å². The summed E-state index contributed by atoms with van der Waals surface area (Å²) in [5.74, 6) is 0.00738. The van der Waals surface area contributed by atoms with Gasteiger partial charge in [-0.3, -0.25) is 0 Å². The fraction of sp³-hybridized carbons (Fsp3) is 0.111. The van der Waals surface area contributed by atoms with Crippen molar-refractivity contribution in [3.8, 4) is 11.5 Å². The Morgan fingerprint density at radius 2 is 2.06 bits per heavy atom. The fourth-order valence-electron chi connectivity index (χ4n) is 1.21. The summed E-state index contributed by atoms with van der Waals surface area (Å²) in [4.78, 5) is 0.00399. The molecule has 0 aliphatic heterocycles. The lowest BCUT2D eigenvalue weighted by Crippen LogP contribution is -2.04. The molecule has 1 heterocycles. The molecule has 1 N–H and O–H groups in total. The number of benzene rings is 1. The Morgan fingerprint density at radius 3 is 2.59 bits per heavy atom. The van der Waals surface area contributed by atoms with Crippen molar-refractivity contribution in [2.45, 2.75) is 6.18 Å². The van der Waals surface area contributed by atoms with E-state index in [2.05, 4.69) is 38.3 Å². The zero-order chi connectivity index (χ0) is 12.6. The Bertz CT molecular complexity index is 605. The molecule has 90 valence electrons. The monoisotopic (exact) mass is 324 g/mol. The van der Waals surface area contributed by atoms with Gasteiger partial charge in [0.2, 0.25) is 5.89 Å². The van der Waals surface area contributed by atoms with Crippen molar-refractivity contribution in [3.05, 3.63) is 33.1 Å². The number of rotatable bonds is 1. The summed E-state index contributed by atoms with van der Waals surface area (Å²) in [6.07, 6.45) is -4.41. The van der Waals surface area contributed by atoms with Gasteiger partial charge in [0.15, 0.2) is 0 Å². The molecular formula is C9H4BrF3N2OS. The Labute approximate surface area is 107 Å². The Balaban J connectivity index is 2.58. The van der Waals surface area contributed by atoms with Crippen molar-refractivity contribution in [2.75, 3.05) is 0 Å². The molecule has 0 aliphatic carbocycles. The van der Waals surface area contributed by atoms with E-state index in [0.717, 1.165) is 12.1 Å². The van der Waals surface area contributed by atoms with Crippen LogP contribution in [0.25, 0.3) is 11.5 Å². The van der Waals surface area contributed by atoms with Crippen molar-refractivity contribution in [1.82, 2.24) is 10.2 Å². The third-order valence-corrected chi connectivity index (χ3v) is 2.83. The number of alkyl halides is 3. The molecule has 0 saturated carbocycles. The summed E-state index contributed by atoms with van der Waals surface area (Å²) in [5, 5.41) is 6.03. The second-order valence-electron chi connectivity index (χ2n) is 3.11. The minimum atomic E-state index is -4.41. The predicted molar refractivity (Wildman–Crippen MR) is 59.8 cm³/mol. The number of aromatic nitrogens is 2. The van der Waals surface area contributed by atoms with E-state index in [-0.39, 0.29) is 16.3 Å². The van der Waals surface area contributed by atoms with Crippen LogP contribution < -0.4 is 0 Å². The Kier molecular flexibility index (Phi) is 3.09. The smallest absolute Gasteiger partial charge is 0.409 e. The van der Waals surface area contributed by atoms with Crippen LogP contribution in [0.2, 0.25) is 0 Å². The van der Waals surface area contributed by atoms with Crippen LogP contribution in [0.1, 0.15) is 5.56 Å². The summed E-state index contributed by atoms with van der Waals surface area (Å²) in [6.45, 7) is 0. The van der Waals surface area contributed by atoms with Crippen molar-refractivity contribution < 1.29 is 17.6 Å². The van der Waals surface area contributed by atoms with Gasteiger partial charge in [-0.1, -0.05) is 0 Å². The van der Waals surface area contributed by atoms with E-state index >= 15 is 0 Å². The highest BCUT2D eigenvalue weighted by Gasteiger charge is 2.31. The van der Waals surface area contributed by atoms with Gasteiger partial charge in [-0.2, -0.15) is 13.2 Å². The van der Waals surface area contributed by atoms with Gasteiger partial charge in [0.05, 0.1) is 11.1 Å². The van der Waals surface area contributed by atoms with Crippen molar-refractivity contribution in [2.24, 2.45) is 0 Å². The van der Waals surface area contributed by atoms with Crippen LogP contribution in [-0.4, -0.2) is 10.2 Å². The number of hydrogen-bond acceptors (Lipinski definition) is 3. The first-order valence-electron chi connectivity index (χ1n) is 4.30. The van der Waals surface area contributed by atoms with Crippen LogP contribution in [0.3, 0.4) is 0 Å². The van der Waals surface area contributed by atoms with Crippen LogP contribution in [0.4, 0.5) is 13.2 Å². The molecule has 0 fully saturated rings. The summed E-state index contributed by atoms with van der Waals surface area (Å²) in [5.41, 5.74) is -0.591.